The van der Waals surface area contributed by atoms with E-state index in [1.54, 1.807) is 0 Å². The van der Waals surface area contributed by atoms with Crippen LogP contribution in [-0.2, 0) is 0 Å². The number of rotatable bonds is 4. The minimum atomic E-state index is -0.594. The van der Waals surface area contributed by atoms with Crippen molar-refractivity contribution < 1.29 is 10.2 Å². The number of aliphatic hydroxyl groups is 2. The highest BCUT2D eigenvalue weighted by Gasteiger charge is 2.39. The summed E-state index contributed by atoms with van der Waals surface area (Å²) in [7, 11) is 0. The summed E-state index contributed by atoms with van der Waals surface area (Å²) in [6.07, 6.45) is 5.59. The van der Waals surface area contributed by atoms with E-state index in [1.807, 2.05) is 13.8 Å². The van der Waals surface area contributed by atoms with Crippen molar-refractivity contribution in [1.82, 2.24) is 0 Å². The van der Waals surface area contributed by atoms with Crippen LogP contribution in [-0.4, -0.2) is 22.4 Å². The molecule has 15 heavy (non-hydrogen) atoms. The Labute approximate surface area is 93.0 Å². The molecule has 0 aromatic carbocycles. The van der Waals surface area contributed by atoms with Crippen LogP contribution in [0.4, 0.5) is 0 Å². The van der Waals surface area contributed by atoms with E-state index in [4.69, 9.17) is 0 Å². The Morgan fingerprint density at radius 2 is 2.00 bits per heavy atom. The molecule has 2 N–H and O–H groups in total. The first-order valence-corrected chi connectivity index (χ1v) is 6.06. The number of hydrogen-bond acceptors (Lipinski definition) is 2. The molecule has 2 atom stereocenters. The van der Waals surface area contributed by atoms with Crippen molar-refractivity contribution >= 4 is 0 Å². The van der Waals surface area contributed by atoms with Gasteiger partial charge in [0.15, 0.2) is 0 Å². The van der Waals surface area contributed by atoms with Crippen LogP contribution in [0.2, 0.25) is 0 Å². The summed E-state index contributed by atoms with van der Waals surface area (Å²) in [6, 6.07) is 0. The van der Waals surface area contributed by atoms with Crippen LogP contribution < -0.4 is 0 Å². The van der Waals surface area contributed by atoms with Gasteiger partial charge in [0.25, 0.3) is 0 Å². The molecule has 0 radical (unpaired) electrons. The first-order chi connectivity index (χ1) is 7.07. The molecule has 0 saturated heterocycles. The van der Waals surface area contributed by atoms with E-state index in [1.165, 1.54) is 5.57 Å². The second-order valence-electron chi connectivity index (χ2n) is 4.85. The van der Waals surface area contributed by atoms with E-state index in [-0.39, 0.29) is 18.4 Å². The summed E-state index contributed by atoms with van der Waals surface area (Å²) in [5.41, 5.74) is 0.758. The fourth-order valence-corrected chi connectivity index (χ4v) is 2.72. The van der Waals surface area contributed by atoms with Gasteiger partial charge in [0, 0.05) is 6.61 Å². The van der Waals surface area contributed by atoms with Crippen LogP contribution in [0, 0.1) is 11.8 Å². The third-order valence-electron chi connectivity index (χ3n) is 4.03. The molecule has 0 heterocycles. The minimum absolute atomic E-state index is 0.191. The monoisotopic (exact) mass is 212 g/mol. The zero-order valence-corrected chi connectivity index (χ0v) is 10.2. The fraction of sp³-hybridized carbons (Fsp3) is 0.846. The maximum Gasteiger partial charge on any atom is 0.0677 e. The molecule has 0 aromatic heterocycles. The van der Waals surface area contributed by atoms with Gasteiger partial charge in [0.1, 0.15) is 0 Å². The Morgan fingerprint density at radius 1 is 1.40 bits per heavy atom. The van der Waals surface area contributed by atoms with Crippen molar-refractivity contribution in [1.29, 1.82) is 0 Å². The van der Waals surface area contributed by atoms with Gasteiger partial charge >= 0.3 is 0 Å². The van der Waals surface area contributed by atoms with Crippen molar-refractivity contribution in [2.24, 2.45) is 11.8 Å². The van der Waals surface area contributed by atoms with E-state index < -0.39 is 5.60 Å². The van der Waals surface area contributed by atoms with Gasteiger partial charge in [-0.1, -0.05) is 25.5 Å². The van der Waals surface area contributed by atoms with Gasteiger partial charge in [-0.15, -0.1) is 0 Å². The summed E-state index contributed by atoms with van der Waals surface area (Å²) >= 11 is 0. The maximum absolute atomic E-state index is 10.5. The van der Waals surface area contributed by atoms with Crippen molar-refractivity contribution in [2.45, 2.75) is 52.1 Å². The molecule has 0 aromatic rings. The molecule has 0 spiro atoms. The molecule has 0 amide bonds. The summed E-state index contributed by atoms with van der Waals surface area (Å²) in [5.74, 6) is 0.459. The first kappa shape index (κ1) is 12.7. The normalized spacial score (nSPS) is 27.7. The van der Waals surface area contributed by atoms with Crippen LogP contribution >= 0.6 is 0 Å². The van der Waals surface area contributed by atoms with Gasteiger partial charge in [-0.2, -0.15) is 0 Å². The highest BCUT2D eigenvalue weighted by molar-refractivity contribution is 5.09. The Kier molecular flexibility index (Phi) is 4.35. The summed E-state index contributed by atoms with van der Waals surface area (Å²) in [5, 5.41) is 19.9. The third-order valence-corrected chi connectivity index (χ3v) is 4.03. The molecule has 1 rings (SSSR count). The molecule has 2 heteroatoms. The second kappa shape index (κ2) is 5.13. The Hall–Kier alpha value is -0.340. The maximum atomic E-state index is 10.5. The SMILES string of the molecule is CCC(O)(CC)C1CC(C)=CCC1CO. The lowest BCUT2D eigenvalue weighted by Crippen LogP contribution is -2.43. The van der Waals surface area contributed by atoms with Gasteiger partial charge in [-0.25, -0.2) is 0 Å². The standard InChI is InChI=1S/C13H24O2/c1-4-13(15,5-2)12-8-10(3)6-7-11(12)9-14/h6,11-12,14-15H,4-5,7-9H2,1-3H3. The molecular formula is C13H24O2. The molecule has 0 aliphatic heterocycles. The van der Waals surface area contributed by atoms with Gasteiger partial charge in [-0.3, -0.25) is 0 Å². The van der Waals surface area contributed by atoms with Gasteiger partial charge in [0.2, 0.25) is 0 Å². The summed E-state index contributed by atoms with van der Waals surface area (Å²) < 4.78 is 0. The zero-order chi connectivity index (χ0) is 11.5. The molecule has 2 unspecified atom stereocenters. The average molecular weight is 212 g/mol. The van der Waals surface area contributed by atoms with Crippen LogP contribution in [0.1, 0.15) is 46.5 Å². The van der Waals surface area contributed by atoms with Gasteiger partial charge in [0.05, 0.1) is 5.60 Å². The van der Waals surface area contributed by atoms with E-state index >= 15 is 0 Å². The fourth-order valence-electron chi connectivity index (χ4n) is 2.72. The second-order valence-corrected chi connectivity index (χ2v) is 4.85. The number of allylic oxidation sites excluding steroid dienone is 2. The van der Waals surface area contributed by atoms with Crippen molar-refractivity contribution in [3.05, 3.63) is 11.6 Å². The van der Waals surface area contributed by atoms with E-state index in [9.17, 15) is 10.2 Å². The van der Waals surface area contributed by atoms with E-state index in [2.05, 4.69) is 13.0 Å². The molecule has 0 fully saturated rings. The molecule has 1 aliphatic rings. The van der Waals surface area contributed by atoms with Gasteiger partial charge in [-0.05, 0) is 44.4 Å². The lowest BCUT2D eigenvalue weighted by atomic mass is 9.68. The Balaban J connectivity index is 2.85. The lowest BCUT2D eigenvalue weighted by molar-refractivity contribution is -0.0605. The number of hydrogen-bond donors (Lipinski definition) is 2. The molecular weight excluding hydrogens is 188 g/mol. The van der Waals surface area contributed by atoms with E-state index in [0.717, 1.165) is 25.7 Å². The topological polar surface area (TPSA) is 40.5 Å². The minimum Gasteiger partial charge on any atom is -0.396 e. The van der Waals surface area contributed by atoms with Crippen molar-refractivity contribution in [3.8, 4) is 0 Å². The lowest BCUT2D eigenvalue weighted by Gasteiger charge is -2.41. The zero-order valence-electron chi connectivity index (χ0n) is 10.2. The highest BCUT2D eigenvalue weighted by atomic mass is 16.3. The summed E-state index contributed by atoms with van der Waals surface area (Å²) in [6.45, 7) is 6.38. The first-order valence-electron chi connectivity index (χ1n) is 6.06. The van der Waals surface area contributed by atoms with E-state index in [0.29, 0.717) is 0 Å². The Morgan fingerprint density at radius 3 is 2.47 bits per heavy atom. The van der Waals surface area contributed by atoms with Crippen molar-refractivity contribution in [2.75, 3.05) is 6.61 Å². The van der Waals surface area contributed by atoms with Crippen LogP contribution in [0.3, 0.4) is 0 Å². The molecule has 0 bridgehead atoms. The van der Waals surface area contributed by atoms with Gasteiger partial charge < -0.3 is 10.2 Å². The quantitative estimate of drug-likeness (QED) is 0.703. The molecule has 2 nitrogen and oxygen atoms in total. The van der Waals surface area contributed by atoms with Crippen molar-refractivity contribution in [3.63, 3.8) is 0 Å². The van der Waals surface area contributed by atoms with Crippen LogP contribution in [0.5, 0.6) is 0 Å². The predicted molar refractivity (Wildman–Crippen MR) is 62.6 cm³/mol. The van der Waals surface area contributed by atoms with Crippen LogP contribution in [0.25, 0.3) is 0 Å². The average Bonchev–Trinajstić information content (AvgIpc) is 2.28. The molecule has 0 saturated carbocycles. The number of aliphatic hydroxyl groups excluding tert-OH is 1. The summed E-state index contributed by atoms with van der Waals surface area (Å²) in [4.78, 5) is 0. The molecule has 1 aliphatic carbocycles. The Bertz CT molecular complexity index is 229. The molecule has 88 valence electrons. The third kappa shape index (κ3) is 2.61. The predicted octanol–water partition coefficient (Wildman–Crippen LogP) is 2.50. The largest absolute Gasteiger partial charge is 0.396 e. The highest BCUT2D eigenvalue weighted by Crippen LogP contribution is 2.40. The van der Waals surface area contributed by atoms with Crippen LogP contribution in [0.15, 0.2) is 11.6 Å². The smallest absolute Gasteiger partial charge is 0.0677 e.